The average molecular weight is 421 g/mol. The van der Waals surface area contributed by atoms with Crippen LogP contribution in [0.2, 0.25) is 5.02 Å². The van der Waals surface area contributed by atoms with Crippen molar-refractivity contribution in [2.75, 3.05) is 0 Å². The minimum Gasteiger partial charge on any atom is -0.508 e. The van der Waals surface area contributed by atoms with Gasteiger partial charge in [0.1, 0.15) is 11.5 Å². The average Bonchev–Trinajstić information content (AvgIpc) is 3.00. The summed E-state index contributed by atoms with van der Waals surface area (Å²) in [7, 11) is 0. The van der Waals surface area contributed by atoms with Crippen molar-refractivity contribution in [1.82, 2.24) is 9.88 Å². The predicted octanol–water partition coefficient (Wildman–Crippen LogP) is 4.06. The molecule has 1 aromatic heterocycles. The quantitative estimate of drug-likeness (QED) is 0.377. The van der Waals surface area contributed by atoms with Crippen molar-refractivity contribution in [2.24, 2.45) is 0 Å². The molecule has 4 rings (SSSR count). The SMILES string of the molecule is O=C1C(=O)N(Cc2cccnc2)C(c2ccc(O)cc2)/C1=C(/O)c1ccc(Cl)cc1. The first-order valence-corrected chi connectivity index (χ1v) is 9.55. The third-order valence-electron chi connectivity index (χ3n) is 4.94. The standard InChI is InChI=1S/C23H17ClN2O4/c24-17-7-3-16(4-8-17)21(28)19-20(15-5-9-18(27)10-6-15)26(23(30)22(19)29)13-14-2-1-11-25-12-14/h1-12,20,27-28H,13H2/b21-19-. The van der Waals surface area contributed by atoms with Gasteiger partial charge in [0.05, 0.1) is 11.6 Å². The Morgan fingerprint density at radius 3 is 2.37 bits per heavy atom. The van der Waals surface area contributed by atoms with Gasteiger partial charge in [0, 0.05) is 29.5 Å². The van der Waals surface area contributed by atoms with E-state index in [0.717, 1.165) is 5.56 Å². The molecule has 0 aliphatic carbocycles. The fourth-order valence-electron chi connectivity index (χ4n) is 3.50. The number of phenols is 1. The molecule has 150 valence electrons. The maximum atomic E-state index is 12.9. The topological polar surface area (TPSA) is 90.7 Å². The van der Waals surface area contributed by atoms with Crippen LogP contribution in [0.3, 0.4) is 0 Å². The van der Waals surface area contributed by atoms with Crippen molar-refractivity contribution in [1.29, 1.82) is 0 Å². The van der Waals surface area contributed by atoms with Crippen LogP contribution in [0, 0.1) is 0 Å². The number of pyridine rings is 1. The second-order valence-corrected chi connectivity index (χ2v) is 7.32. The number of phenolic OH excluding ortho intramolecular Hbond substituents is 1. The third-order valence-corrected chi connectivity index (χ3v) is 5.19. The number of nitrogens with zero attached hydrogens (tertiary/aromatic N) is 2. The van der Waals surface area contributed by atoms with Crippen molar-refractivity contribution in [3.05, 3.63) is 100 Å². The number of hydrogen-bond donors (Lipinski definition) is 2. The highest BCUT2D eigenvalue weighted by molar-refractivity contribution is 6.46. The minimum absolute atomic E-state index is 0.0168. The number of hydrogen-bond acceptors (Lipinski definition) is 5. The van der Waals surface area contributed by atoms with Crippen molar-refractivity contribution in [3.8, 4) is 5.75 Å². The highest BCUT2D eigenvalue weighted by atomic mass is 35.5. The van der Waals surface area contributed by atoms with E-state index in [9.17, 15) is 19.8 Å². The number of aliphatic hydroxyl groups is 1. The minimum atomic E-state index is -0.818. The van der Waals surface area contributed by atoms with Gasteiger partial charge in [-0.2, -0.15) is 0 Å². The van der Waals surface area contributed by atoms with E-state index in [2.05, 4.69) is 4.98 Å². The molecule has 2 heterocycles. The lowest BCUT2D eigenvalue weighted by Gasteiger charge is -2.25. The zero-order chi connectivity index (χ0) is 21.3. The first kappa shape index (κ1) is 19.7. The Labute approximate surface area is 177 Å². The maximum Gasteiger partial charge on any atom is 0.295 e. The smallest absolute Gasteiger partial charge is 0.295 e. The summed E-state index contributed by atoms with van der Waals surface area (Å²) in [6, 6.07) is 15.3. The second kappa shape index (κ2) is 8.00. The first-order chi connectivity index (χ1) is 14.5. The predicted molar refractivity (Wildman–Crippen MR) is 112 cm³/mol. The van der Waals surface area contributed by atoms with E-state index in [1.54, 1.807) is 60.9 Å². The van der Waals surface area contributed by atoms with E-state index < -0.39 is 17.7 Å². The number of aromatic hydroxyl groups is 1. The maximum absolute atomic E-state index is 12.9. The summed E-state index contributed by atoms with van der Waals surface area (Å²) in [6.07, 6.45) is 3.24. The molecule has 1 aliphatic rings. The van der Waals surface area contributed by atoms with Crippen LogP contribution in [0.4, 0.5) is 0 Å². The van der Waals surface area contributed by atoms with Crippen molar-refractivity contribution in [3.63, 3.8) is 0 Å². The Hall–Kier alpha value is -3.64. The van der Waals surface area contributed by atoms with Crippen LogP contribution in [0.1, 0.15) is 22.7 Å². The highest BCUT2D eigenvalue weighted by Gasteiger charge is 2.46. The molecular weight excluding hydrogens is 404 g/mol. The molecule has 1 saturated heterocycles. The molecule has 2 aromatic carbocycles. The summed E-state index contributed by atoms with van der Waals surface area (Å²) >= 11 is 5.92. The van der Waals surface area contributed by atoms with Gasteiger partial charge in [0.2, 0.25) is 0 Å². The molecule has 2 N–H and O–H groups in total. The Bertz CT molecular complexity index is 1130. The van der Waals surface area contributed by atoms with Gasteiger partial charge in [0.25, 0.3) is 11.7 Å². The Morgan fingerprint density at radius 2 is 1.73 bits per heavy atom. The molecule has 0 spiro atoms. The number of carbonyl (C=O) groups is 2. The van der Waals surface area contributed by atoms with Crippen LogP contribution in [0.5, 0.6) is 5.75 Å². The summed E-state index contributed by atoms with van der Waals surface area (Å²) in [6.45, 7) is 0.140. The molecule has 0 saturated carbocycles. The van der Waals surface area contributed by atoms with Crippen LogP contribution in [-0.4, -0.2) is 31.8 Å². The third kappa shape index (κ3) is 3.65. The van der Waals surface area contributed by atoms with Gasteiger partial charge in [-0.05, 0) is 53.6 Å². The largest absolute Gasteiger partial charge is 0.508 e. The monoisotopic (exact) mass is 420 g/mol. The normalized spacial score (nSPS) is 18.0. The molecule has 0 bridgehead atoms. The molecule has 1 atom stereocenters. The van der Waals surface area contributed by atoms with Gasteiger partial charge < -0.3 is 15.1 Å². The van der Waals surface area contributed by atoms with Gasteiger partial charge >= 0.3 is 0 Å². The number of benzene rings is 2. The van der Waals surface area contributed by atoms with E-state index in [1.165, 1.54) is 17.0 Å². The first-order valence-electron chi connectivity index (χ1n) is 9.18. The van der Waals surface area contributed by atoms with E-state index in [-0.39, 0.29) is 23.6 Å². The number of ketones is 1. The van der Waals surface area contributed by atoms with Crippen LogP contribution in [0.25, 0.3) is 5.76 Å². The summed E-state index contributed by atoms with van der Waals surface area (Å²) in [5.41, 5.74) is 1.69. The van der Waals surface area contributed by atoms with Gasteiger partial charge in [-0.25, -0.2) is 0 Å². The molecule has 1 unspecified atom stereocenters. The summed E-state index contributed by atoms with van der Waals surface area (Å²) in [4.78, 5) is 31.3. The van der Waals surface area contributed by atoms with Crippen LogP contribution >= 0.6 is 11.6 Å². The number of Topliss-reactive ketones (excluding diaryl/α,β-unsaturated/α-hetero) is 1. The number of halogens is 1. The molecule has 3 aromatic rings. The summed E-state index contributed by atoms with van der Waals surface area (Å²) < 4.78 is 0. The number of aliphatic hydroxyl groups excluding tert-OH is 1. The Balaban J connectivity index is 1.85. The molecule has 0 radical (unpaired) electrons. The van der Waals surface area contributed by atoms with Gasteiger partial charge in [0.15, 0.2) is 0 Å². The molecule has 1 amide bonds. The molecule has 7 heteroatoms. The molecule has 1 fully saturated rings. The lowest BCUT2D eigenvalue weighted by molar-refractivity contribution is -0.140. The zero-order valence-electron chi connectivity index (χ0n) is 15.7. The Kier molecular flexibility index (Phi) is 5.25. The fourth-order valence-corrected chi connectivity index (χ4v) is 3.62. The number of amides is 1. The van der Waals surface area contributed by atoms with E-state index in [4.69, 9.17) is 11.6 Å². The van der Waals surface area contributed by atoms with Crippen molar-refractivity contribution < 1.29 is 19.8 Å². The second-order valence-electron chi connectivity index (χ2n) is 6.89. The van der Waals surface area contributed by atoms with Crippen molar-refractivity contribution in [2.45, 2.75) is 12.6 Å². The molecule has 1 aliphatic heterocycles. The summed E-state index contributed by atoms with van der Waals surface area (Å²) in [5, 5.41) is 21.1. The lowest BCUT2D eigenvalue weighted by atomic mass is 9.95. The highest BCUT2D eigenvalue weighted by Crippen LogP contribution is 2.40. The molecular formula is C23H17ClN2O4. The number of carbonyl (C=O) groups excluding carboxylic acids is 2. The number of rotatable bonds is 4. The van der Waals surface area contributed by atoms with E-state index in [0.29, 0.717) is 16.1 Å². The fraction of sp³-hybridized carbons (Fsp3) is 0.0870. The van der Waals surface area contributed by atoms with E-state index in [1.807, 2.05) is 0 Å². The molecule has 30 heavy (non-hydrogen) atoms. The van der Waals surface area contributed by atoms with Gasteiger partial charge in [-0.15, -0.1) is 0 Å². The lowest BCUT2D eigenvalue weighted by Crippen LogP contribution is -2.29. The van der Waals surface area contributed by atoms with E-state index >= 15 is 0 Å². The Morgan fingerprint density at radius 1 is 1.03 bits per heavy atom. The zero-order valence-corrected chi connectivity index (χ0v) is 16.5. The van der Waals surface area contributed by atoms with Gasteiger partial charge in [-0.1, -0.05) is 29.8 Å². The van der Waals surface area contributed by atoms with Crippen LogP contribution in [-0.2, 0) is 16.1 Å². The van der Waals surface area contributed by atoms with Crippen LogP contribution < -0.4 is 0 Å². The van der Waals surface area contributed by atoms with Gasteiger partial charge in [-0.3, -0.25) is 14.6 Å². The van der Waals surface area contributed by atoms with Crippen molar-refractivity contribution >= 4 is 29.1 Å². The molecule has 6 nitrogen and oxygen atoms in total. The summed E-state index contributed by atoms with van der Waals surface area (Å²) in [5.74, 6) is -1.71. The number of aromatic nitrogens is 1. The van der Waals surface area contributed by atoms with Crippen LogP contribution in [0.15, 0.2) is 78.6 Å². The number of likely N-dealkylation sites (tertiary alicyclic amines) is 1.